The zero-order valence-electron chi connectivity index (χ0n) is 7.43. The van der Waals surface area contributed by atoms with Crippen LogP contribution in [0.3, 0.4) is 0 Å². The van der Waals surface area contributed by atoms with Crippen molar-refractivity contribution < 1.29 is 0 Å². The maximum Gasteiger partial charge on any atom is 0.0107 e. The Morgan fingerprint density at radius 3 is 2.20 bits per heavy atom. The highest BCUT2D eigenvalue weighted by Crippen LogP contribution is 1.97. The second kappa shape index (κ2) is 5.69. The Kier molecular flexibility index (Phi) is 5.64. The van der Waals surface area contributed by atoms with Crippen molar-refractivity contribution in [1.29, 1.82) is 0 Å². The second-order valence-electron chi connectivity index (χ2n) is 2.92. The average Bonchev–Trinajstić information content (AvgIpc) is 1.87. The predicted molar refractivity (Wildman–Crippen MR) is 46.1 cm³/mol. The first-order valence-electron chi connectivity index (χ1n) is 4.16. The number of hydrogen-bond acceptors (Lipinski definition) is 2. The maximum absolute atomic E-state index is 5.46. The highest BCUT2D eigenvalue weighted by Gasteiger charge is 2.05. The van der Waals surface area contributed by atoms with Gasteiger partial charge in [-0.05, 0) is 26.8 Å². The summed E-state index contributed by atoms with van der Waals surface area (Å²) in [6.45, 7) is 9.61. The van der Waals surface area contributed by atoms with Crippen molar-refractivity contribution in [2.24, 2.45) is 5.73 Å². The van der Waals surface area contributed by atoms with Crippen LogP contribution in [0.5, 0.6) is 0 Å². The van der Waals surface area contributed by atoms with Crippen LogP contribution in [-0.4, -0.2) is 30.6 Å². The van der Waals surface area contributed by atoms with Gasteiger partial charge in [0.1, 0.15) is 0 Å². The van der Waals surface area contributed by atoms with Crippen molar-refractivity contribution in [3.8, 4) is 0 Å². The van der Waals surface area contributed by atoms with Crippen LogP contribution in [-0.2, 0) is 0 Å². The molecule has 0 aromatic carbocycles. The fourth-order valence-electron chi connectivity index (χ4n) is 1.08. The fourth-order valence-corrected chi connectivity index (χ4v) is 1.08. The van der Waals surface area contributed by atoms with Gasteiger partial charge in [-0.3, -0.25) is 4.90 Å². The fraction of sp³-hybridized carbons (Fsp3) is 1.00. The molecule has 0 saturated carbocycles. The molecule has 10 heavy (non-hydrogen) atoms. The summed E-state index contributed by atoms with van der Waals surface area (Å²) in [6.07, 6.45) is 1.22. The van der Waals surface area contributed by atoms with Crippen LogP contribution >= 0.6 is 0 Å². The lowest BCUT2D eigenvalue weighted by Crippen LogP contribution is -2.35. The van der Waals surface area contributed by atoms with Crippen molar-refractivity contribution in [3.63, 3.8) is 0 Å². The second-order valence-corrected chi connectivity index (χ2v) is 2.92. The quantitative estimate of drug-likeness (QED) is 0.625. The average molecular weight is 144 g/mol. The molecule has 0 saturated heterocycles. The van der Waals surface area contributed by atoms with E-state index in [4.69, 9.17) is 5.73 Å². The molecule has 0 heterocycles. The van der Waals surface area contributed by atoms with Gasteiger partial charge in [-0.2, -0.15) is 0 Å². The summed E-state index contributed by atoms with van der Waals surface area (Å²) in [5.41, 5.74) is 5.46. The molecule has 0 spiro atoms. The SMILES string of the molecule is CCCN(CCN)C(C)C. The zero-order chi connectivity index (χ0) is 7.98. The van der Waals surface area contributed by atoms with Crippen molar-refractivity contribution in [3.05, 3.63) is 0 Å². The molecule has 2 N–H and O–H groups in total. The van der Waals surface area contributed by atoms with E-state index in [1.165, 1.54) is 13.0 Å². The summed E-state index contributed by atoms with van der Waals surface area (Å²) in [6, 6.07) is 0.642. The smallest absolute Gasteiger partial charge is 0.0107 e. The molecule has 0 fully saturated rings. The monoisotopic (exact) mass is 144 g/mol. The largest absolute Gasteiger partial charge is 0.329 e. The van der Waals surface area contributed by atoms with Crippen molar-refractivity contribution in [2.75, 3.05) is 19.6 Å². The molecule has 0 aliphatic heterocycles. The Bertz CT molecular complexity index is 65.7. The van der Waals surface area contributed by atoms with Crippen LogP contribution in [0, 0.1) is 0 Å². The van der Waals surface area contributed by atoms with E-state index in [1.807, 2.05) is 0 Å². The van der Waals surface area contributed by atoms with E-state index >= 15 is 0 Å². The molecular weight excluding hydrogens is 124 g/mol. The van der Waals surface area contributed by atoms with E-state index in [9.17, 15) is 0 Å². The van der Waals surface area contributed by atoms with Gasteiger partial charge in [0.15, 0.2) is 0 Å². The van der Waals surface area contributed by atoms with Gasteiger partial charge in [-0.25, -0.2) is 0 Å². The number of nitrogens with two attached hydrogens (primary N) is 1. The number of nitrogens with zero attached hydrogens (tertiary/aromatic N) is 1. The van der Waals surface area contributed by atoms with Gasteiger partial charge < -0.3 is 5.73 Å². The molecule has 2 nitrogen and oxygen atoms in total. The van der Waals surface area contributed by atoms with Gasteiger partial charge in [0.05, 0.1) is 0 Å². The minimum Gasteiger partial charge on any atom is -0.329 e. The van der Waals surface area contributed by atoms with Crippen LogP contribution in [0.2, 0.25) is 0 Å². The van der Waals surface area contributed by atoms with Gasteiger partial charge in [-0.15, -0.1) is 0 Å². The first kappa shape index (κ1) is 9.92. The molecular formula is C8H20N2. The molecule has 2 heteroatoms. The van der Waals surface area contributed by atoms with E-state index in [0.29, 0.717) is 6.04 Å². The number of rotatable bonds is 5. The van der Waals surface area contributed by atoms with Gasteiger partial charge >= 0.3 is 0 Å². The lowest BCUT2D eigenvalue weighted by atomic mass is 10.3. The van der Waals surface area contributed by atoms with Gasteiger partial charge in [0.25, 0.3) is 0 Å². The van der Waals surface area contributed by atoms with E-state index in [0.717, 1.165) is 13.1 Å². The third-order valence-electron chi connectivity index (χ3n) is 1.66. The molecule has 0 aliphatic carbocycles. The van der Waals surface area contributed by atoms with E-state index in [2.05, 4.69) is 25.7 Å². The Morgan fingerprint density at radius 2 is 1.90 bits per heavy atom. The van der Waals surface area contributed by atoms with E-state index in [1.54, 1.807) is 0 Å². The summed E-state index contributed by atoms with van der Waals surface area (Å²) in [5, 5.41) is 0. The number of hydrogen-bond donors (Lipinski definition) is 1. The predicted octanol–water partition coefficient (Wildman–Crippen LogP) is 1.07. The van der Waals surface area contributed by atoms with Crippen molar-refractivity contribution in [2.45, 2.75) is 33.2 Å². The van der Waals surface area contributed by atoms with E-state index in [-0.39, 0.29) is 0 Å². The molecule has 0 aromatic rings. The highest BCUT2D eigenvalue weighted by molar-refractivity contribution is 4.61. The minimum atomic E-state index is 0.642. The molecule has 0 amide bonds. The third-order valence-corrected chi connectivity index (χ3v) is 1.66. The normalized spacial score (nSPS) is 11.4. The lowest BCUT2D eigenvalue weighted by Gasteiger charge is -2.24. The summed E-state index contributed by atoms with van der Waals surface area (Å²) in [7, 11) is 0. The maximum atomic E-state index is 5.46. The Morgan fingerprint density at radius 1 is 1.30 bits per heavy atom. The molecule has 62 valence electrons. The third kappa shape index (κ3) is 3.85. The van der Waals surface area contributed by atoms with Crippen LogP contribution in [0.15, 0.2) is 0 Å². The van der Waals surface area contributed by atoms with Gasteiger partial charge in [0.2, 0.25) is 0 Å². The zero-order valence-corrected chi connectivity index (χ0v) is 7.43. The van der Waals surface area contributed by atoms with Gasteiger partial charge in [0, 0.05) is 19.1 Å². The Hall–Kier alpha value is -0.0800. The summed E-state index contributed by atoms with van der Waals surface area (Å²) in [4.78, 5) is 2.40. The van der Waals surface area contributed by atoms with Crippen LogP contribution < -0.4 is 5.73 Å². The first-order chi connectivity index (χ1) is 4.72. The van der Waals surface area contributed by atoms with Crippen LogP contribution in [0.1, 0.15) is 27.2 Å². The van der Waals surface area contributed by atoms with E-state index < -0.39 is 0 Å². The van der Waals surface area contributed by atoms with Crippen molar-refractivity contribution >= 4 is 0 Å². The molecule has 0 aliphatic rings. The molecule has 0 rings (SSSR count). The Balaban J connectivity index is 3.50. The molecule has 0 unspecified atom stereocenters. The molecule has 0 atom stereocenters. The lowest BCUT2D eigenvalue weighted by molar-refractivity contribution is 0.228. The van der Waals surface area contributed by atoms with Crippen LogP contribution in [0.25, 0.3) is 0 Å². The summed E-state index contributed by atoms with van der Waals surface area (Å²) >= 11 is 0. The Labute approximate surface area is 64.4 Å². The summed E-state index contributed by atoms with van der Waals surface area (Å²) < 4.78 is 0. The van der Waals surface area contributed by atoms with Crippen molar-refractivity contribution in [1.82, 2.24) is 4.90 Å². The summed E-state index contributed by atoms with van der Waals surface area (Å²) in [5.74, 6) is 0. The molecule has 0 radical (unpaired) electrons. The highest BCUT2D eigenvalue weighted by atomic mass is 15.1. The first-order valence-corrected chi connectivity index (χ1v) is 4.16. The van der Waals surface area contributed by atoms with Crippen LogP contribution in [0.4, 0.5) is 0 Å². The topological polar surface area (TPSA) is 29.3 Å². The molecule has 0 bridgehead atoms. The minimum absolute atomic E-state index is 0.642. The molecule has 0 aromatic heterocycles. The van der Waals surface area contributed by atoms with Gasteiger partial charge in [-0.1, -0.05) is 6.92 Å². The standard InChI is InChI=1S/C8H20N2/c1-4-6-10(7-5-9)8(2)3/h8H,4-7,9H2,1-3H3.